The molecule has 0 aromatic heterocycles. The van der Waals surface area contributed by atoms with Gasteiger partial charge in [-0.05, 0) is 29.0 Å². The van der Waals surface area contributed by atoms with E-state index in [-0.39, 0.29) is 0 Å². The molecule has 2 nitrogen and oxygen atoms in total. The average Bonchev–Trinajstić information content (AvgIpc) is 2.40. The molecule has 0 unspecified atom stereocenters. The molecule has 2 aromatic carbocycles. The summed E-state index contributed by atoms with van der Waals surface area (Å²) in [6.45, 7) is 0. The van der Waals surface area contributed by atoms with Crippen molar-refractivity contribution in [2.45, 2.75) is 0 Å². The maximum absolute atomic E-state index is 7.74. The van der Waals surface area contributed by atoms with Gasteiger partial charge in [0.15, 0.2) is 0 Å². The van der Waals surface area contributed by atoms with Crippen LogP contribution in [0.1, 0.15) is 5.56 Å². The monoisotopic (exact) mass is 222 g/mol. The summed E-state index contributed by atoms with van der Waals surface area (Å²) >= 11 is 0. The molecule has 0 aliphatic carbocycles. The van der Waals surface area contributed by atoms with E-state index in [4.69, 9.17) is 11.1 Å². The highest BCUT2D eigenvalue weighted by molar-refractivity contribution is 6.06. The maximum Gasteiger partial charge on any atom is 0.0626 e. The zero-order chi connectivity index (χ0) is 12.1. The third kappa shape index (κ3) is 2.61. The Hall–Kier alpha value is -2.35. The molecule has 0 saturated heterocycles. The van der Waals surface area contributed by atoms with E-state index >= 15 is 0 Å². The van der Waals surface area contributed by atoms with Crippen molar-refractivity contribution in [3.63, 3.8) is 0 Å². The topological polar surface area (TPSA) is 49.9 Å². The second-order valence-electron chi connectivity index (χ2n) is 3.72. The smallest absolute Gasteiger partial charge is 0.0626 e. The van der Waals surface area contributed by atoms with Gasteiger partial charge < -0.3 is 11.1 Å². The summed E-state index contributed by atoms with van der Waals surface area (Å²) in [5.74, 6) is 0. The molecule has 0 amide bonds. The van der Waals surface area contributed by atoms with Gasteiger partial charge in [0.1, 0.15) is 0 Å². The minimum Gasteiger partial charge on any atom is -0.405 e. The first kappa shape index (κ1) is 11.1. The third-order valence-corrected chi connectivity index (χ3v) is 2.57. The molecule has 17 heavy (non-hydrogen) atoms. The Balaban J connectivity index is 2.28. The van der Waals surface area contributed by atoms with E-state index in [0.717, 1.165) is 11.1 Å². The van der Waals surface area contributed by atoms with E-state index < -0.39 is 0 Å². The summed E-state index contributed by atoms with van der Waals surface area (Å²) in [6, 6.07) is 18.1. The van der Waals surface area contributed by atoms with Crippen molar-refractivity contribution in [2.75, 3.05) is 0 Å². The van der Waals surface area contributed by atoms with Gasteiger partial charge in [0.25, 0.3) is 0 Å². The van der Waals surface area contributed by atoms with E-state index in [9.17, 15) is 0 Å². The molecule has 0 radical (unpaired) electrons. The Kier molecular flexibility index (Phi) is 3.36. The lowest BCUT2D eigenvalue weighted by Crippen LogP contribution is -1.95. The van der Waals surface area contributed by atoms with Gasteiger partial charge in [-0.1, -0.05) is 54.6 Å². The first-order chi connectivity index (χ1) is 8.31. The van der Waals surface area contributed by atoms with Crippen molar-refractivity contribution in [3.8, 4) is 11.1 Å². The van der Waals surface area contributed by atoms with Crippen LogP contribution < -0.4 is 5.73 Å². The molecule has 0 bridgehead atoms. The number of allylic oxidation sites excluding steroid dienone is 1. The lowest BCUT2D eigenvalue weighted by molar-refractivity contribution is 1.48. The highest BCUT2D eigenvalue weighted by Gasteiger charge is 1.99. The van der Waals surface area contributed by atoms with Gasteiger partial charge in [-0.3, -0.25) is 0 Å². The average molecular weight is 222 g/mol. The summed E-state index contributed by atoms with van der Waals surface area (Å²) in [4.78, 5) is 0. The maximum atomic E-state index is 7.74. The van der Waals surface area contributed by atoms with E-state index in [1.54, 1.807) is 6.08 Å². The lowest BCUT2D eigenvalue weighted by Gasteiger charge is -2.03. The summed E-state index contributed by atoms with van der Waals surface area (Å²) in [5, 5.41) is 7.74. The van der Waals surface area contributed by atoms with Gasteiger partial charge in [-0.15, -0.1) is 0 Å². The first-order valence-electron chi connectivity index (χ1n) is 5.44. The summed E-state index contributed by atoms with van der Waals surface area (Å²) in [7, 11) is 0. The van der Waals surface area contributed by atoms with E-state index in [0.29, 0.717) is 5.71 Å². The van der Waals surface area contributed by atoms with Crippen LogP contribution in [0.4, 0.5) is 0 Å². The van der Waals surface area contributed by atoms with Crippen LogP contribution in [0.2, 0.25) is 0 Å². The molecule has 0 atom stereocenters. The van der Waals surface area contributed by atoms with E-state index in [2.05, 4.69) is 12.1 Å². The van der Waals surface area contributed by atoms with Gasteiger partial charge in [0.2, 0.25) is 0 Å². The zero-order valence-electron chi connectivity index (χ0n) is 9.43. The second-order valence-corrected chi connectivity index (χ2v) is 3.72. The number of hydrogen-bond acceptors (Lipinski definition) is 2. The van der Waals surface area contributed by atoms with Crippen LogP contribution in [0, 0.1) is 5.41 Å². The quantitative estimate of drug-likeness (QED) is 0.770. The van der Waals surface area contributed by atoms with Gasteiger partial charge in [0.05, 0.1) is 5.71 Å². The molecule has 0 heterocycles. The summed E-state index contributed by atoms with van der Waals surface area (Å²) in [5.41, 5.74) is 8.89. The van der Waals surface area contributed by atoms with Crippen molar-refractivity contribution >= 4 is 5.71 Å². The van der Waals surface area contributed by atoms with Gasteiger partial charge in [-0.2, -0.15) is 0 Å². The molecule has 3 N–H and O–H groups in total. The largest absolute Gasteiger partial charge is 0.405 e. The van der Waals surface area contributed by atoms with Crippen LogP contribution >= 0.6 is 0 Å². The number of hydrogen-bond donors (Lipinski definition) is 2. The lowest BCUT2D eigenvalue weighted by atomic mass is 10.0. The fourth-order valence-corrected chi connectivity index (χ4v) is 1.67. The summed E-state index contributed by atoms with van der Waals surface area (Å²) < 4.78 is 0. The van der Waals surface area contributed by atoms with Crippen LogP contribution in [-0.4, -0.2) is 5.71 Å². The Bertz CT molecular complexity index is 525. The zero-order valence-corrected chi connectivity index (χ0v) is 9.43. The molecule has 0 aliphatic heterocycles. The van der Waals surface area contributed by atoms with Gasteiger partial charge in [0, 0.05) is 0 Å². The molecule has 0 saturated carbocycles. The SMILES string of the molecule is N=C(/C=C\N)c1ccc(-c2ccccc2)cc1. The molecule has 2 aromatic rings. The second kappa shape index (κ2) is 5.12. The van der Waals surface area contributed by atoms with Crippen molar-refractivity contribution in [2.24, 2.45) is 5.73 Å². The number of benzene rings is 2. The molecule has 0 aliphatic rings. The summed E-state index contributed by atoms with van der Waals surface area (Å²) in [6.07, 6.45) is 2.96. The molecule has 2 rings (SSSR count). The first-order valence-corrected chi connectivity index (χ1v) is 5.44. The van der Waals surface area contributed by atoms with Crippen LogP contribution in [0.15, 0.2) is 66.9 Å². The van der Waals surface area contributed by atoms with Crippen LogP contribution in [0.25, 0.3) is 11.1 Å². The van der Waals surface area contributed by atoms with Crippen molar-refractivity contribution in [3.05, 3.63) is 72.4 Å². The van der Waals surface area contributed by atoms with Gasteiger partial charge >= 0.3 is 0 Å². The minimum absolute atomic E-state index is 0.423. The van der Waals surface area contributed by atoms with Crippen LogP contribution in [0.5, 0.6) is 0 Å². The third-order valence-electron chi connectivity index (χ3n) is 2.57. The molecule has 84 valence electrons. The molecule has 0 spiro atoms. The predicted molar refractivity (Wildman–Crippen MR) is 72.0 cm³/mol. The normalized spacial score (nSPS) is 10.6. The Morgan fingerprint density at radius 3 is 2.06 bits per heavy atom. The van der Waals surface area contributed by atoms with Crippen LogP contribution in [0.3, 0.4) is 0 Å². The standard InChI is InChI=1S/C15H14N2/c16-11-10-15(17)14-8-6-13(7-9-14)12-4-2-1-3-5-12/h1-11,17H,16H2/b11-10-,17-15?. The van der Waals surface area contributed by atoms with Crippen molar-refractivity contribution < 1.29 is 0 Å². The van der Waals surface area contributed by atoms with E-state index in [1.807, 2.05) is 42.5 Å². The van der Waals surface area contributed by atoms with Crippen molar-refractivity contribution in [1.82, 2.24) is 0 Å². The van der Waals surface area contributed by atoms with Gasteiger partial charge in [-0.25, -0.2) is 0 Å². The Labute approximate surface area is 101 Å². The number of nitrogens with one attached hydrogen (secondary N) is 1. The number of nitrogens with two attached hydrogens (primary N) is 1. The van der Waals surface area contributed by atoms with E-state index in [1.165, 1.54) is 11.8 Å². The van der Waals surface area contributed by atoms with Crippen molar-refractivity contribution in [1.29, 1.82) is 5.41 Å². The molecular formula is C15H14N2. The molecule has 2 heteroatoms. The fraction of sp³-hybridized carbons (Fsp3) is 0. The molecule has 0 fully saturated rings. The highest BCUT2D eigenvalue weighted by Crippen LogP contribution is 2.19. The fourth-order valence-electron chi connectivity index (χ4n) is 1.67. The Morgan fingerprint density at radius 1 is 0.882 bits per heavy atom. The number of rotatable bonds is 3. The molecular weight excluding hydrogens is 208 g/mol. The highest BCUT2D eigenvalue weighted by atomic mass is 14.5. The minimum atomic E-state index is 0.423. The van der Waals surface area contributed by atoms with Crippen LogP contribution in [-0.2, 0) is 0 Å². The predicted octanol–water partition coefficient (Wildman–Crippen LogP) is 3.19. The Morgan fingerprint density at radius 2 is 1.47 bits per heavy atom.